The number of aryl methyl sites for hydroxylation is 1. The zero-order valence-corrected chi connectivity index (χ0v) is 15.6. The van der Waals surface area contributed by atoms with Crippen molar-refractivity contribution in [2.45, 2.75) is 63.6 Å². The molecule has 140 valence electrons. The van der Waals surface area contributed by atoms with E-state index in [2.05, 4.69) is 35.8 Å². The van der Waals surface area contributed by atoms with Gasteiger partial charge in [-0.05, 0) is 64.3 Å². The van der Waals surface area contributed by atoms with Gasteiger partial charge in [-0.25, -0.2) is 0 Å². The number of carbonyl (C=O) groups is 1. The highest BCUT2D eigenvalue weighted by Gasteiger charge is 2.43. The first-order valence-corrected chi connectivity index (χ1v) is 9.67. The molecule has 1 atom stereocenters. The van der Waals surface area contributed by atoms with Crippen LogP contribution < -0.4 is 10.6 Å². The zero-order chi connectivity index (χ0) is 18.1. The number of aromatic nitrogens is 4. The van der Waals surface area contributed by atoms with Gasteiger partial charge in [0.2, 0.25) is 5.91 Å². The molecule has 1 amide bonds. The van der Waals surface area contributed by atoms with E-state index in [0.717, 1.165) is 50.9 Å². The molecule has 0 saturated carbocycles. The summed E-state index contributed by atoms with van der Waals surface area (Å²) in [5, 5.41) is 15.8. The standard InChI is InChI=1S/C19H28N6O/c1-14(2)24-13-15-4-5-16(12-17(15)23-24)22-18(26)19(6-9-20-10-7-19)25-11-3-8-21-25/h3,8,11,13-14,16,20H,4-7,9-10,12H2,1-2H3,(H,22,26). The molecule has 4 rings (SSSR count). The van der Waals surface area contributed by atoms with Gasteiger partial charge in [-0.1, -0.05) is 0 Å². The summed E-state index contributed by atoms with van der Waals surface area (Å²) in [6.07, 6.45) is 10.1. The molecule has 0 bridgehead atoms. The minimum Gasteiger partial charge on any atom is -0.351 e. The highest BCUT2D eigenvalue weighted by molar-refractivity contribution is 5.85. The van der Waals surface area contributed by atoms with E-state index in [9.17, 15) is 4.79 Å². The number of nitrogens with zero attached hydrogens (tertiary/aromatic N) is 4. The van der Waals surface area contributed by atoms with Gasteiger partial charge in [-0.15, -0.1) is 0 Å². The third-order valence-corrected chi connectivity index (χ3v) is 5.76. The summed E-state index contributed by atoms with van der Waals surface area (Å²) in [6, 6.07) is 2.40. The highest BCUT2D eigenvalue weighted by atomic mass is 16.2. The maximum absolute atomic E-state index is 13.3. The van der Waals surface area contributed by atoms with Gasteiger partial charge >= 0.3 is 0 Å². The summed E-state index contributed by atoms with van der Waals surface area (Å²) in [5.41, 5.74) is 1.88. The molecule has 7 heteroatoms. The number of nitrogens with one attached hydrogen (secondary N) is 2. The Kier molecular flexibility index (Phi) is 4.56. The summed E-state index contributed by atoms with van der Waals surface area (Å²) in [4.78, 5) is 13.3. The van der Waals surface area contributed by atoms with Crippen LogP contribution in [0, 0.1) is 0 Å². The predicted octanol–water partition coefficient (Wildman–Crippen LogP) is 1.41. The van der Waals surface area contributed by atoms with E-state index >= 15 is 0 Å². The van der Waals surface area contributed by atoms with Crippen LogP contribution in [0.1, 0.15) is 50.4 Å². The number of carbonyl (C=O) groups excluding carboxylic acids is 1. The first-order chi connectivity index (χ1) is 12.6. The second kappa shape index (κ2) is 6.87. The fraction of sp³-hybridized carbons (Fsp3) is 0.632. The fourth-order valence-electron chi connectivity index (χ4n) is 4.14. The maximum Gasteiger partial charge on any atom is 0.248 e. The molecule has 1 aliphatic heterocycles. The van der Waals surface area contributed by atoms with Gasteiger partial charge in [-0.2, -0.15) is 10.2 Å². The summed E-state index contributed by atoms with van der Waals surface area (Å²) in [5.74, 6) is 0.0967. The van der Waals surface area contributed by atoms with Crippen molar-refractivity contribution in [1.82, 2.24) is 30.2 Å². The van der Waals surface area contributed by atoms with Gasteiger partial charge < -0.3 is 10.6 Å². The Bertz CT molecular complexity index is 757. The molecule has 2 aromatic heterocycles. The van der Waals surface area contributed by atoms with Crippen LogP contribution in [0.25, 0.3) is 0 Å². The lowest BCUT2D eigenvalue weighted by atomic mass is 9.86. The average molecular weight is 356 g/mol. The third kappa shape index (κ3) is 3.05. The van der Waals surface area contributed by atoms with E-state index in [1.54, 1.807) is 6.20 Å². The van der Waals surface area contributed by atoms with Crippen LogP contribution in [-0.2, 0) is 23.2 Å². The number of fused-ring (bicyclic) bond motifs is 1. The molecule has 0 spiro atoms. The Morgan fingerprint density at radius 2 is 2.19 bits per heavy atom. The Labute approximate surface area is 154 Å². The van der Waals surface area contributed by atoms with Crippen molar-refractivity contribution in [3.05, 3.63) is 35.9 Å². The summed E-state index contributed by atoms with van der Waals surface area (Å²) >= 11 is 0. The van der Waals surface area contributed by atoms with Crippen molar-refractivity contribution in [2.24, 2.45) is 0 Å². The minimum absolute atomic E-state index is 0.0967. The molecule has 2 N–H and O–H groups in total. The van der Waals surface area contributed by atoms with Crippen molar-refractivity contribution in [1.29, 1.82) is 0 Å². The molecular weight excluding hydrogens is 328 g/mol. The topological polar surface area (TPSA) is 76.8 Å². The van der Waals surface area contributed by atoms with Crippen LogP contribution in [-0.4, -0.2) is 44.6 Å². The van der Waals surface area contributed by atoms with Crippen molar-refractivity contribution >= 4 is 5.91 Å². The number of hydrogen-bond acceptors (Lipinski definition) is 4. The Balaban J connectivity index is 1.50. The van der Waals surface area contributed by atoms with Crippen LogP contribution >= 0.6 is 0 Å². The van der Waals surface area contributed by atoms with E-state index in [1.807, 2.05) is 21.6 Å². The Morgan fingerprint density at radius 3 is 2.88 bits per heavy atom. The summed E-state index contributed by atoms with van der Waals surface area (Å²) in [6.45, 7) is 5.95. The second-order valence-electron chi connectivity index (χ2n) is 7.82. The van der Waals surface area contributed by atoms with Crippen molar-refractivity contribution in [2.75, 3.05) is 13.1 Å². The molecule has 0 aromatic carbocycles. The SMILES string of the molecule is CC(C)n1cc2c(n1)CC(NC(=O)C1(n3cccn3)CCNCC1)CC2. The van der Waals surface area contributed by atoms with E-state index in [0.29, 0.717) is 6.04 Å². The number of rotatable bonds is 4. The van der Waals surface area contributed by atoms with Crippen molar-refractivity contribution < 1.29 is 4.79 Å². The van der Waals surface area contributed by atoms with E-state index in [1.165, 1.54) is 5.56 Å². The average Bonchev–Trinajstić information content (AvgIpc) is 3.32. The van der Waals surface area contributed by atoms with Crippen molar-refractivity contribution in [3.63, 3.8) is 0 Å². The van der Waals surface area contributed by atoms with Gasteiger partial charge in [-0.3, -0.25) is 14.2 Å². The Hall–Kier alpha value is -2.15. The molecular formula is C19H28N6O. The van der Waals surface area contributed by atoms with Crippen LogP contribution in [0.3, 0.4) is 0 Å². The molecule has 26 heavy (non-hydrogen) atoms. The van der Waals surface area contributed by atoms with Crippen LogP contribution in [0.4, 0.5) is 0 Å². The highest BCUT2D eigenvalue weighted by Crippen LogP contribution is 2.28. The molecule has 3 heterocycles. The smallest absolute Gasteiger partial charge is 0.248 e. The Morgan fingerprint density at radius 1 is 1.38 bits per heavy atom. The maximum atomic E-state index is 13.3. The van der Waals surface area contributed by atoms with Gasteiger partial charge in [0.15, 0.2) is 0 Å². The number of amides is 1. The monoisotopic (exact) mass is 356 g/mol. The lowest BCUT2D eigenvalue weighted by Crippen LogP contribution is -2.57. The minimum atomic E-state index is -0.577. The largest absolute Gasteiger partial charge is 0.351 e. The van der Waals surface area contributed by atoms with Crippen molar-refractivity contribution in [3.8, 4) is 0 Å². The van der Waals surface area contributed by atoms with Crippen LogP contribution in [0.5, 0.6) is 0 Å². The lowest BCUT2D eigenvalue weighted by molar-refractivity contribution is -0.132. The van der Waals surface area contributed by atoms with Gasteiger partial charge in [0.25, 0.3) is 0 Å². The fourth-order valence-corrected chi connectivity index (χ4v) is 4.14. The summed E-state index contributed by atoms with van der Waals surface area (Å²) < 4.78 is 3.89. The predicted molar refractivity (Wildman–Crippen MR) is 98.9 cm³/mol. The number of hydrogen-bond donors (Lipinski definition) is 2. The lowest BCUT2D eigenvalue weighted by Gasteiger charge is -2.38. The molecule has 1 fully saturated rings. The molecule has 2 aliphatic rings. The molecule has 2 aromatic rings. The van der Waals surface area contributed by atoms with Gasteiger partial charge in [0.05, 0.1) is 5.69 Å². The van der Waals surface area contributed by atoms with E-state index in [4.69, 9.17) is 5.10 Å². The molecule has 1 aliphatic carbocycles. The molecule has 1 saturated heterocycles. The van der Waals surface area contributed by atoms with E-state index < -0.39 is 5.54 Å². The first kappa shape index (κ1) is 17.3. The molecule has 7 nitrogen and oxygen atoms in total. The second-order valence-corrected chi connectivity index (χ2v) is 7.82. The van der Waals surface area contributed by atoms with Crippen LogP contribution in [0.15, 0.2) is 24.7 Å². The zero-order valence-electron chi connectivity index (χ0n) is 15.6. The molecule has 0 radical (unpaired) electrons. The quantitative estimate of drug-likeness (QED) is 0.868. The molecule has 1 unspecified atom stereocenters. The normalized spacial score (nSPS) is 22.2. The van der Waals surface area contributed by atoms with Gasteiger partial charge in [0, 0.05) is 37.1 Å². The number of piperidine rings is 1. The van der Waals surface area contributed by atoms with E-state index in [-0.39, 0.29) is 11.9 Å². The van der Waals surface area contributed by atoms with Gasteiger partial charge in [0.1, 0.15) is 5.54 Å². The first-order valence-electron chi connectivity index (χ1n) is 9.67. The third-order valence-electron chi connectivity index (χ3n) is 5.76. The van der Waals surface area contributed by atoms with Crippen LogP contribution in [0.2, 0.25) is 0 Å². The summed E-state index contributed by atoms with van der Waals surface area (Å²) in [7, 11) is 0.